The lowest BCUT2D eigenvalue weighted by Crippen LogP contribution is -2.21. The zero-order valence-corrected chi connectivity index (χ0v) is 9.66. The summed E-state index contributed by atoms with van der Waals surface area (Å²) >= 11 is 0. The highest BCUT2D eigenvalue weighted by Crippen LogP contribution is 2.31. The number of nitrogens with one attached hydrogen (secondary N) is 1. The van der Waals surface area contributed by atoms with Crippen molar-refractivity contribution in [1.82, 2.24) is 5.32 Å². The summed E-state index contributed by atoms with van der Waals surface area (Å²) in [6, 6.07) is 4.83. The van der Waals surface area contributed by atoms with Gasteiger partial charge in [-0.2, -0.15) is 5.26 Å². The minimum atomic E-state index is -0.540. The Morgan fingerprint density at radius 3 is 3.00 bits per heavy atom. The summed E-state index contributed by atoms with van der Waals surface area (Å²) in [6.07, 6.45) is 4.72. The second-order valence-electron chi connectivity index (χ2n) is 4.26. The van der Waals surface area contributed by atoms with Gasteiger partial charge in [0.05, 0.1) is 6.26 Å². The van der Waals surface area contributed by atoms with E-state index >= 15 is 0 Å². The first-order chi connectivity index (χ1) is 8.81. The van der Waals surface area contributed by atoms with Gasteiger partial charge in [-0.05, 0) is 30.7 Å². The van der Waals surface area contributed by atoms with E-state index in [9.17, 15) is 4.39 Å². The first-order valence-corrected chi connectivity index (χ1v) is 5.81. The molecule has 1 aromatic carbocycles. The number of benzene rings is 1. The Hall–Kier alpha value is -2.12. The van der Waals surface area contributed by atoms with Crippen LogP contribution < -0.4 is 5.32 Å². The number of rotatable bonds is 1. The molecule has 0 spiro atoms. The SMILES string of the molecule is N#Cc1c(F)ccc2c(C3=CCCNC3)coc12. The summed E-state index contributed by atoms with van der Waals surface area (Å²) in [5.74, 6) is -0.540. The Bertz CT molecular complexity index is 679. The van der Waals surface area contributed by atoms with Crippen molar-refractivity contribution >= 4 is 16.5 Å². The van der Waals surface area contributed by atoms with Crippen LogP contribution in [0.3, 0.4) is 0 Å². The Kier molecular flexibility index (Phi) is 2.62. The van der Waals surface area contributed by atoms with Gasteiger partial charge >= 0.3 is 0 Å². The molecule has 0 saturated heterocycles. The molecule has 1 N–H and O–H groups in total. The first-order valence-electron chi connectivity index (χ1n) is 5.81. The summed E-state index contributed by atoms with van der Waals surface area (Å²) in [7, 11) is 0. The van der Waals surface area contributed by atoms with Gasteiger partial charge in [0.2, 0.25) is 0 Å². The van der Waals surface area contributed by atoms with Crippen LogP contribution >= 0.6 is 0 Å². The molecule has 18 heavy (non-hydrogen) atoms. The molecule has 0 bridgehead atoms. The molecule has 1 aromatic heterocycles. The number of nitrogens with zero attached hydrogens (tertiary/aromatic N) is 1. The largest absolute Gasteiger partial charge is 0.462 e. The van der Waals surface area contributed by atoms with Crippen molar-refractivity contribution < 1.29 is 8.81 Å². The third-order valence-electron chi connectivity index (χ3n) is 3.18. The monoisotopic (exact) mass is 242 g/mol. The zero-order valence-electron chi connectivity index (χ0n) is 9.66. The maximum Gasteiger partial charge on any atom is 0.155 e. The summed E-state index contributed by atoms with van der Waals surface area (Å²) in [5, 5.41) is 13.0. The molecule has 2 aromatic rings. The van der Waals surface area contributed by atoms with Crippen LogP contribution in [0.1, 0.15) is 17.5 Å². The lowest BCUT2D eigenvalue weighted by molar-refractivity contribution is 0.594. The number of fused-ring (bicyclic) bond motifs is 1. The average molecular weight is 242 g/mol. The van der Waals surface area contributed by atoms with Crippen LogP contribution in [0.4, 0.5) is 4.39 Å². The van der Waals surface area contributed by atoms with Gasteiger partial charge in [0.15, 0.2) is 5.58 Å². The van der Waals surface area contributed by atoms with E-state index in [2.05, 4.69) is 11.4 Å². The van der Waals surface area contributed by atoms with E-state index in [0.29, 0.717) is 5.58 Å². The van der Waals surface area contributed by atoms with Crippen molar-refractivity contribution in [3.8, 4) is 6.07 Å². The third kappa shape index (κ3) is 1.60. The normalized spacial score (nSPS) is 15.4. The molecule has 90 valence electrons. The fourth-order valence-corrected chi connectivity index (χ4v) is 2.28. The molecule has 0 amide bonds. The van der Waals surface area contributed by atoms with Crippen LogP contribution in [0.5, 0.6) is 0 Å². The van der Waals surface area contributed by atoms with E-state index in [1.807, 2.05) is 6.07 Å². The van der Waals surface area contributed by atoms with Crippen LogP contribution in [0.25, 0.3) is 16.5 Å². The number of hydrogen-bond acceptors (Lipinski definition) is 3. The Morgan fingerprint density at radius 1 is 1.39 bits per heavy atom. The molecule has 0 radical (unpaired) electrons. The number of nitriles is 1. The van der Waals surface area contributed by atoms with Gasteiger partial charge in [-0.1, -0.05) is 6.08 Å². The van der Waals surface area contributed by atoms with E-state index in [0.717, 1.165) is 36.0 Å². The molecule has 4 heteroatoms. The number of furan rings is 1. The predicted molar refractivity (Wildman–Crippen MR) is 66.4 cm³/mol. The van der Waals surface area contributed by atoms with E-state index in [1.54, 1.807) is 12.3 Å². The summed E-state index contributed by atoms with van der Waals surface area (Å²) in [4.78, 5) is 0. The standard InChI is InChI=1S/C14H11FN2O/c15-13-4-3-10-12(9-2-1-5-17-7-9)8-18-14(10)11(13)6-16/h2-4,8,17H,1,5,7H2. The molecule has 3 rings (SSSR count). The fraction of sp³-hybridized carbons (Fsp3) is 0.214. The maximum atomic E-state index is 13.5. The van der Waals surface area contributed by atoms with E-state index in [1.165, 1.54) is 6.07 Å². The molecule has 3 nitrogen and oxygen atoms in total. The van der Waals surface area contributed by atoms with Gasteiger partial charge in [0, 0.05) is 17.5 Å². The van der Waals surface area contributed by atoms with Crippen molar-refractivity contribution in [3.05, 3.63) is 41.4 Å². The van der Waals surface area contributed by atoms with Gasteiger partial charge in [0.25, 0.3) is 0 Å². The van der Waals surface area contributed by atoms with Crippen molar-refractivity contribution in [1.29, 1.82) is 5.26 Å². The van der Waals surface area contributed by atoms with E-state index in [-0.39, 0.29) is 5.56 Å². The van der Waals surface area contributed by atoms with Crippen LogP contribution in [0.15, 0.2) is 28.9 Å². The van der Waals surface area contributed by atoms with Crippen LogP contribution in [-0.4, -0.2) is 13.1 Å². The van der Waals surface area contributed by atoms with Gasteiger partial charge in [-0.25, -0.2) is 4.39 Å². The smallest absolute Gasteiger partial charge is 0.155 e. The molecule has 0 atom stereocenters. The summed E-state index contributed by atoms with van der Waals surface area (Å²) in [5.41, 5.74) is 2.38. The number of hydrogen-bond donors (Lipinski definition) is 1. The quantitative estimate of drug-likeness (QED) is 0.836. The third-order valence-corrected chi connectivity index (χ3v) is 3.18. The minimum absolute atomic E-state index is 0.0249. The van der Waals surface area contributed by atoms with Gasteiger partial charge in [0.1, 0.15) is 17.4 Å². The zero-order chi connectivity index (χ0) is 12.5. The van der Waals surface area contributed by atoms with Crippen molar-refractivity contribution in [2.45, 2.75) is 6.42 Å². The van der Waals surface area contributed by atoms with Gasteiger partial charge in [-0.3, -0.25) is 0 Å². The molecule has 2 heterocycles. The second-order valence-corrected chi connectivity index (χ2v) is 4.26. The molecule has 0 fully saturated rings. The summed E-state index contributed by atoms with van der Waals surface area (Å²) < 4.78 is 18.8. The second kappa shape index (κ2) is 4.28. The van der Waals surface area contributed by atoms with E-state index < -0.39 is 5.82 Å². The Balaban J connectivity index is 2.22. The minimum Gasteiger partial charge on any atom is -0.462 e. The topological polar surface area (TPSA) is 49.0 Å². The van der Waals surface area contributed by atoms with Crippen molar-refractivity contribution in [3.63, 3.8) is 0 Å². The van der Waals surface area contributed by atoms with Crippen LogP contribution in [0.2, 0.25) is 0 Å². The highest BCUT2D eigenvalue weighted by Gasteiger charge is 2.16. The molecular weight excluding hydrogens is 231 g/mol. The predicted octanol–water partition coefficient (Wildman–Crippen LogP) is 2.82. The van der Waals surface area contributed by atoms with Crippen molar-refractivity contribution in [2.24, 2.45) is 0 Å². The van der Waals surface area contributed by atoms with Crippen molar-refractivity contribution in [2.75, 3.05) is 13.1 Å². The Morgan fingerprint density at radius 2 is 2.28 bits per heavy atom. The van der Waals surface area contributed by atoms with E-state index in [4.69, 9.17) is 9.68 Å². The maximum absolute atomic E-state index is 13.5. The highest BCUT2D eigenvalue weighted by atomic mass is 19.1. The lowest BCUT2D eigenvalue weighted by Gasteiger charge is -2.12. The molecule has 0 saturated carbocycles. The molecule has 1 aliphatic rings. The summed E-state index contributed by atoms with van der Waals surface area (Å²) in [6.45, 7) is 1.74. The highest BCUT2D eigenvalue weighted by molar-refractivity contribution is 5.94. The lowest BCUT2D eigenvalue weighted by atomic mass is 10.0. The van der Waals surface area contributed by atoms with Gasteiger partial charge in [-0.15, -0.1) is 0 Å². The fourth-order valence-electron chi connectivity index (χ4n) is 2.28. The average Bonchev–Trinajstić information content (AvgIpc) is 2.83. The molecule has 1 aliphatic heterocycles. The molecular formula is C14H11FN2O. The van der Waals surface area contributed by atoms with Crippen LogP contribution in [0, 0.1) is 17.1 Å². The first kappa shape index (κ1) is 11.0. The molecule has 0 unspecified atom stereocenters. The van der Waals surface area contributed by atoms with Gasteiger partial charge < -0.3 is 9.73 Å². The molecule has 0 aliphatic carbocycles. The number of halogens is 1. The Labute approximate surface area is 104 Å². The van der Waals surface area contributed by atoms with Crippen LogP contribution in [-0.2, 0) is 0 Å².